The van der Waals surface area contributed by atoms with Crippen molar-refractivity contribution in [2.75, 3.05) is 0 Å². The number of rotatable bonds is 1. The van der Waals surface area contributed by atoms with Crippen molar-refractivity contribution < 1.29 is 26.9 Å². The molecule has 0 aliphatic heterocycles. The van der Waals surface area contributed by atoms with Crippen LogP contribution in [0.4, 0.5) is 0 Å². The molecule has 3 nitrogen and oxygen atoms in total. The van der Waals surface area contributed by atoms with E-state index in [9.17, 15) is 0 Å². The SMILES string of the molecule is O=NO[SiH3].[Ta]. The summed E-state index contributed by atoms with van der Waals surface area (Å²) in [5, 5.41) is 2.05. The molecule has 0 aromatic carbocycles. The molecule has 0 heterocycles. The molecule has 0 unspecified atom stereocenters. The van der Waals surface area contributed by atoms with Crippen LogP contribution in [0.2, 0.25) is 0 Å². The summed E-state index contributed by atoms with van der Waals surface area (Å²) >= 11 is 0. The van der Waals surface area contributed by atoms with E-state index in [2.05, 4.69) is 4.53 Å². The average Bonchev–Trinajstić information content (AvgIpc) is 1.37. The first-order valence-electron chi connectivity index (χ1n) is 0.773. The van der Waals surface area contributed by atoms with Crippen molar-refractivity contribution in [3.05, 3.63) is 4.91 Å². The quantitative estimate of drug-likeness (QED) is 0.342. The molecular weight excluding hydrogens is 255 g/mol. The largest absolute Gasteiger partial charge is 0.436 e. The fraction of sp³-hybridized carbons (Fsp3) is 0. The summed E-state index contributed by atoms with van der Waals surface area (Å²) in [6.07, 6.45) is 0. The third kappa shape index (κ3) is 13.1. The van der Waals surface area contributed by atoms with E-state index in [4.69, 9.17) is 4.91 Å². The van der Waals surface area contributed by atoms with Crippen LogP contribution in [0.1, 0.15) is 0 Å². The van der Waals surface area contributed by atoms with Crippen molar-refractivity contribution in [2.45, 2.75) is 0 Å². The van der Waals surface area contributed by atoms with E-state index >= 15 is 0 Å². The minimum atomic E-state index is 0. The molecule has 0 aliphatic carbocycles. The van der Waals surface area contributed by atoms with Gasteiger partial charge < -0.3 is 4.53 Å². The second-order valence-corrected chi connectivity index (χ2v) is 0.622. The van der Waals surface area contributed by atoms with Gasteiger partial charge in [-0.15, -0.1) is 4.91 Å². The molecule has 0 amide bonds. The number of nitrogens with zero attached hydrogens (tertiary/aromatic N) is 1. The molecule has 29 valence electrons. The second-order valence-electron chi connectivity index (χ2n) is 0.257. The van der Waals surface area contributed by atoms with Gasteiger partial charge in [0.2, 0.25) is 10.5 Å². The molecule has 0 saturated heterocycles. The first-order chi connectivity index (χ1) is 1.91. The van der Waals surface area contributed by atoms with Gasteiger partial charge in [-0.25, -0.2) is 0 Å². The Morgan fingerprint density at radius 2 is 2.00 bits per heavy atom. The van der Waals surface area contributed by atoms with Crippen LogP contribution in [0.5, 0.6) is 0 Å². The van der Waals surface area contributed by atoms with Crippen LogP contribution in [0.15, 0.2) is 5.34 Å². The Morgan fingerprint density at radius 3 is 2.00 bits per heavy atom. The van der Waals surface area contributed by atoms with Gasteiger partial charge >= 0.3 is 0 Å². The van der Waals surface area contributed by atoms with Gasteiger partial charge in [-0.2, -0.15) is 0 Å². The van der Waals surface area contributed by atoms with Crippen molar-refractivity contribution in [1.29, 1.82) is 0 Å². The molecule has 0 fully saturated rings. The van der Waals surface area contributed by atoms with Gasteiger partial charge in [0.25, 0.3) is 0 Å². The van der Waals surface area contributed by atoms with Gasteiger partial charge in [0.05, 0.1) is 0 Å². The standard InChI is InChI=1S/H3NO2Si.Ta/c2-1-3-4;/h4H3;. The van der Waals surface area contributed by atoms with Gasteiger partial charge in [-0.3, -0.25) is 0 Å². The summed E-state index contributed by atoms with van der Waals surface area (Å²) in [6.45, 7) is 0. The monoisotopic (exact) mass is 258 g/mol. The molecule has 0 aromatic rings. The molecule has 0 aliphatic rings. The third-order valence-electron chi connectivity index (χ3n) is 0.0745. The molecule has 5 heteroatoms. The Bertz CT molecular complexity index is 23.6. The number of hydrogen-bond acceptors (Lipinski definition) is 3. The maximum absolute atomic E-state index is 8.74. The van der Waals surface area contributed by atoms with Crippen LogP contribution < -0.4 is 0 Å². The Hall–Kier alpha value is 0.357. The molecule has 0 bridgehead atoms. The van der Waals surface area contributed by atoms with Gasteiger partial charge in [0.15, 0.2) is 0 Å². The molecule has 0 atom stereocenters. The zero-order valence-corrected chi connectivity index (χ0v) is 7.92. The van der Waals surface area contributed by atoms with Crippen LogP contribution in [0.25, 0.3) is 0 Å². The van der Waals surface area contributed by atoms with Gasteiger partial charge in [0, 0.05) is 22.4 Å². The summed E-state index contributed by atoms with van der Waals surface area (Å²) in [7, 11) is 0.410. The Kier molecular flexibility index (Phi) is 16.0. The fourth-order valence-electron chi connectivity index (χ4n) is 0. The van der Waals surface area contributed by atoms with Crippen LogP contribution in [0.3, 0.4) is 0 Å². The zero-order chi connectivity index (χ0) is 3.41. The topological polar surface area (TPSA) is 38.7 Å². The van der Waals surface area contributed by atoms with Crippen molar-refractivity contribution >= 4 is 10.5 Å². The van der Waals surface area contributed by atoms with Crippen LogP contribution >= 0.6 is 0 Å². The van der Waals surface area contributed by atoms with E-state index in [1.54, 1.807) is 0 Å². The maximum Gasteiger partial charge on any atom is 0.247 e. The number of hydrogen-bond donors (Lipinski definition) is 0. The summed E-state index contributed by atoms with van der Waals surface area (Å²) < 4.78 is 3.75. The van der Waals surface area contributed by atoms with Crippen molar-refractivity contribution in [3.63, 3.8) is 0 Å². The molecule has 0 rings (SSSR count). The van der Waals surface area contributed by atoms with Gasteiger partial charge in [0.1, 0.15) is 5.34 Å². The molecular formula is H3NO2SiTa. The Morgan fingerprint density at radius 1 is 1.80 bits per heavy atom. The van der Waals surface area contributed by atoms with Crippen molar-refractivity contribution in [1.82, 2.24) is 0 Å². The summed E-state index contributed by atoms with van der Waals surface area (Å²) in [5.74, 6) is 0. The van der Waals surface area contributed by atoms with Crippen LogP contribution in [-0.2, 0) is 26.9 Å². The molecule has 0 spiro atoms. The van der Waals surface area contributed by atoms with E-state index in [0.29, 0.717) is 10.5 Å². The van der Waals surface area contributed by atoms with E-state index < -0.39 is 0 Å². The molecule has 0 aromatic heterocycles. The summed E-state index contributed by atoms with van der Waals surface area (Å²) in [5.41, 5.74) is 0. The summed E-state index contributed by atoms with van der Waals surface area (Å²) in [6, 6.07) is 0. The fourth-order valence-corrected chi connectivity index (χ4v) is 0. The smallest absolute Gasteiger partial charge is 0.247 e. The molecule has 0 saturated carbocycles. The van der Waals surface area contributed by atoms with E-state index in [-0.39, 0.29) is 22.4 Å². The van der Waals surface area contributed by atoms with Gasteiger partial charge in [-0.05, 0) is 0 Å². The predicted molar refractivity (Wildman–Crippen MR) is 16.8 cm³/mol. The summed E-state index contributed by atoms with van der Waals surface area (Å²) in [4.78, 5) is 8.74. The van der Waals surface area contributed by atoms with E-state index in [1.807, 2.05) is 5.34 Å². The van der Waals surface area contributed by atoms with E-state index in [1.165, 1.54) is 0 Å². The second kappa shape index (κ2) is 8.84. The predicted octanol–water partition coefficient (Wildman–Crippen LogP) is -1.04. The molecule has 1 radical (unpaired) electrons. The minimum absolute atomic E-state index is 0. The zero-order valence-electron chi connectivity index (χ0n) is 2.71. The molecule has 5 heavy (non-hydrogen) atoms. The third-order valence-corrected chi connectivity index (χ3v) is 0.224. The first kappa shape index (κ1) is 9.02. The van der Waals surface area contributed by atoms with Crippen molar-refractivity contribution in [3.8, 4) is 0 Å². The van der Waals surface area contributed by atoms with Crippen molar-refractivity contribution in [2.24, 2.45) is 5.34 Å². The minimum Gasteiger partial charge on any atom is -0.436 e. The Labute approximate surface area is 48.1 Å². The molecule has 0 N–H and O–H groups in total. The van der Waals surface area contributed by atoms with E-state index in [0.717, 1.165) is 0 Å². The first-order valence-corrected chi connectivity index (χ1v) is 1.59. The van der Waals surface area contributed by atoms with Crippen LogP contribution in [-0.4, -0.2) is 10.5 Å². The van der Waals surface area contributed by atoms with Gasteiger partial charge in [-0.1, -0.05) is 0 Å². The van der Waals surface area contributed by atoms with Crippen LogP contribution in [0, 0.1) is 4.91 Å². The normalized spacial score (nSPS) is 4.80. The maximum atomic E-state index is 8.74. The Balaban J connectivity index is 0. The average molecular weight is 258 g/mol.